The van der Waals surface area contributed by atoms with Crippen molar-refractivity contribution < 1.29 is 9.47 Å². The number of nitrogens with zero attached hydrogens (tertiary/aromatic N) is 1. The Labute approximate surface area is 101 Å². The summed E-state index contributed by atoms with van der Waals surface area (Å²) in [7, 11) is 1.59. The SMILES string of the molecule is COc1ccc(N)c(NCCC2CCCO2)n1. The summed E-state index contributed by atoms with van der Waals surface area (Å²) < 4.78 is 10.6. The van der Waals surface area contributed by atoms with Gasteiger partial charge in [0.2, 0.25) is 5.88 Å². The lowest BCUT2D eigenvalue weighted by atomic mass is 10.2. The molecule has 0 spiro atoms. The summed E-state index contributed by atoms with van der Waals surface area (Å²) in [5.41, 5.74) is 6.46. The minimum Gasteiger partial charge on any atom is -0.481 e. The number of nitrogen functional groups attached to an aromatic ring is 1. The Morgan fingerprint density at radius 3 is 3.18 bits per heavy atom. The monoisotopic (exact) mass is 237 g/mol. The van der Waals surface area contributed by atoms with Crippen LogP contribution in [-0.4, -0.2) is 31.3 Å². The molecule has 1 aromatic rings. The molecule has 0 aromatic carbocycles. The van der Waals surface area contributed by atoms with Crippen LogP contribution >= 0.6 is 0 Å². The molecule has 2 rings (SSSR count). The number of nitrogens with one attached hydrogen (secondary N) is 1. The molecule has 0 radical (unpaired) electrons. The van der Waals surface area contributed by atoms with Crippen LogP contribution in [0, 0.1) is 0 Å². The lowest BCUT2D eigenvalue weighted by molar-refractivity contribution is 0.107. The average molecular weight is 237 g/mol. The molecule has 0 aliphatic carbocycles. The minimum absolute atomic E-state index is 0.384. The molecule has 1 aliphatic rings. The molecule has 1 fully saturated rings. The lowest BCUT2D eigenvalue weighted by Crippen LogP contribution is -2.14. The number of hydrogen-bond acceptors (Lipinski definition) is 5. The molecule has 0 bridgehead atoms. The van der Waals surface area contributed by atoms with Gasteiger partial charge >= 0.3 is 0 Å². The van der Waals surface area contributed by atoms with Gasteiger partial charge in [-0.1, -0.05) is 0 Å². The summed E-state index contributed by atoms with van der Waals surface area (Å²) in [6, 6.07) is 3.54. The smallest absolute Gasteiger partial charge is 0.215 e. The number of ether oxygens (including phenoxy) is 2. The average Bonchev–Trinajstić information content (AvgIpc) is 2.84. The Morgan fingerprint density at radius 1 is 1.59 bits per heavy atom. The number of hydrogen-bond donors (Lipinski definition) is 2. The van der Waals surface area contributed by atoms with Crippen molar-refractivity contribution in [2.75, 3.05) is 31.3 Å². The van der Waals surface area contributed by atoms with Gasteiger partial charge in [-0.2, -0.15) is 4.98 Å². The molecule has 0 amide bonds. The molecule has 3 N–H and O–H groups in total. The van der Waals surface area contributed by atoms with E-state index in [0.29, 0.717) is 23.5 Å². The van der Waals surface area contributed by atoms with E-state index < -0.39 is 0 Å². The Hall–Kier alpha value is -1.49. The first kappa shape index (κ1) is 12.0. The minimum atomic E-state index is 0.384. The third-order valence-corrected chi connectivity index (χ3v) is 2.89. The first-order valence-corrected chi connectivity index (χ1v) is 5.95. The van der Waals surface area contributed by atoms with Crippen LogP contribution < -0.4 is 15.8 Å². The molecular weight excluding hydrogens is 218 g/mol. The maximum absolute atomic E-state index is 5.83. The van der Waals surface area contributed by atoms with Gasteiger partial charge in [-0.15, -0.1) is 0 Å². The van der Waals surface area contributed by atoms with Crippen LogP contribution in [0.4, 0.5) is 11.5 Å². The van der Waals surface area contributed by atoms with Crippen LogP contribution in [0.5, 0.6) is 5.88 Å². The first-order valence-electron chi connectivity index (χ1n) is 5.95. The number of anilines is 2. The van der Waals surface area contributed by atoms with E-state index in [-0.39, 0.29) is 0 Å². The summed E-state index contributed by atoms with van der Waals surface area (Å²) in [5, 5.41) is 3.22. The summed E-state index contributed by atoms with van der Waals surface area (Å²) >= 11 is 0. The highest BCUT2D eigenvalue weighted by atomic mass is 16.5. The molecule has 1 saturated heterocycles. The molecule has 1 aliphatic heterocycles. The van der Waals surface area contributed by atoms with E-state index in [9.17, 15) is 0 Å². The van der Waals surface area contributed by atoms with Crippen LogP contribution in [0.1, 0.15) is 19.3 Å². The molecule has 5 nitrogen and oxygen atoms in total. The molecule has 1 aromatic heterocycles. The van der Waals surface area contributed by atoms with Gasteiger partial charge < -0.3 is 20.5 Å². The maximum Gasteiger partial charge on any atom is 0.215 e. The van der Waals surface area contributed by atoms with Crippen molar-refractivity contribution in [3.63, 3.8) is 0 Å². The van der Waals surface area contributed by atoms with E-state index in [1.165, 1.54) is 6.42 Å². The predicted molar refractivity (Wildman–Crippen MR) is 67.3 cm³/mol. The lowest BCUT2D eigenvalue weighted by Gasteiger charge is -2.12. The normalized spacial score (nSPS) is 19.2. The van der Waals surface area contributed by atoms with Gasteiger partial charge in [-0.25, -0.2) is 0 Å². The van der Waals surface area contributed by atoms with Crippen LogP contribution in [0.2, 0.25) is 0 Å². The molecule has 1 atom stereocenters. The Balaban J connectivity index is 1.84. The predicted octanol–water partition coefficient (Wildman–Crippen LogP) is 1.65. The third-order valence-electron chi connectivity index (χ3n) is 2.89. The zero-order valence-corrected chi connectivity index (χ0v) is 10.1. The molecule has 2 heterocycles. The van der Waals surface area contributed by atoms with Crippen molar-refractivity contribution in [3.8, 4) is 5.88 Å². The van der Waals surface area contributed by atoms with E-state index in [2.05, 4.69) is 10.3 Å². The van der Waals surface area contributed by atoms with E-state index in [1.807, 2.05) is 0 Å². The standard InChI is InChI=1S/C12H19N3O2/c1-16-11-5-4-10(13)12(15-11)14-7-6-9-3-2-8-17-9/h4-5,9H,2-3,6-8,13H2,1H3,(H,14,15). The fourth-order valence-electron chi connectivity index (χ4n) is 1.93. The number of rotatable bonds is 5. The highest BCUT2D eigenvalue weighted by Crippen LogP contribution is 2.20. The highest BCUT2D eigenvalue weighted by molar-refractivity contribution is 5.61. The Kier molecular flexibility index (Phi) is 4.03. The number of methoxy groups -OCH3 is 1. The van der Waals surface area contributed by atoms with Crippen LogP contribution in [0.3, 0.4) is 0 Å². The van der Waals surface area contributed by atoms with Crippen LogP contribution in [-0.2, 0) is 4.74 Å². The second-order valence-electron chi connectivity index (χ2n) is 4.14. The largest absolute Gasteiger partial charge is 0.481 e. The van der Waals surface area contributed by atoms with Gasteiger partial charge in [-0.3, -0.25) is 0 Å². The Morgan fingerprint density at radius 2 is 2.47 bits per heavy atom. The molecule has 0 saturated carbocycles. The van der Waals surface area contributed by atoms with Gasteiger partial charge in [0, 0.05) is 19.2 Å². The van der Waals surface area contributed by atoms with Crippen LogP contribution in [0.15, 0.2) is 12.1 Å². The topological polar surface area (TPSA) is 69.4 Å². The van der Waals surface area contributed by atoms with E-state index in [1.54, 1.807) is 19.2 Å². The van der Waals surface area contributed by atoms with E-state index in [4.69, 9.17) is 15.2 Å². The summed E-state index contributed by atoms with van der Waals surface area (Å²) in [6.07, 6.45) is 3.69. The van der Waals surface area contributed by atoms with Gasteiger partial charge in [0.05, 0.1) is 18.9 Å². The highest BCUT2D eigenvalue weighted by Gasteiger charge is 2.14. The van der Waals surface area contributed by atoms with Crippen molar-refractivity contribution in [1.82, 2.24) is 4.98 Å². The molecule has 17 heavy (non-hydrogen) atoms. The molecule has 1 unspecified atom stereocenters. The van der Waals surface area contributed by atoms with Crippen molar-refractivity contribution in [3.05, 3.63) is 12.1 Å². The second-order valence-corrected chi connectivity index (χ2v) is 4.14. The summed E-state index contributed by atoms with van der Waals surface area (Å²) in [5.74, 6) is 1.25. The molecule has 5 heteroatoms. The van der Waals surface area contributed by atoms with Gasteiger partial charge in [-0.05, 0) is 25.3 Å². The summed E-state index contributed by atoms with van der Waals surface area (Å²) in [4.78, 5) is 4.26. The van der Waals surface area contributed by atoms with Crippen molar-refractivity contribution in [1.29, 1.82) is 0 Å². The van der Waals surface area contributed by atoms with E-state index >= 15 is 0 Å². The van der Waals surface area contributed by atoms with Crippen LogP contribution in [0.25, 0.3) is 0 Å². The van der Waals surface area contributed by atoms with Crippen molar-refractivity contribution in [2.24, 2.45) is 0 Å². The fraction of sp³-hybridized carbons (Fsp3) is 0.583. The zero-order chi connectivity index (χ0) is 12.1. The number of aromatic nitrogens is 1. The summed E-state index contributed by atoms with van der Waals surface area (Å²) in [6.45, 7) is 1.71. The quantitative estimate of drug-likeness (QED) is 0.815. The number of pyridine rings is 1. The van der Waals surface area contributed by atoms with Gasteiger partial charge in [0.15, 0.2) is 5.82 Å². The van der Waals surface area contributed by atoms with Gasteiger partial charge in [0.25, 0.3) is 0 Å². The van der Waals surface area contributed by atoms with Gasteiger partial charge in [0.1, 0.15) is 0 Å². The second kappa shape index (κ2) is 5.72. The Bertz CT molecular complexity index is 365. The molecular formula is C12H19N3O2. The van der Waals surface area contributed by atoms with E-state index in [0.717, 1.165) is 26.0 Å². The fourth-order valence-corrected chi connectivity index (χ4v) is 1.93. The zero-order valence-electron chi connectivity index (χ0n) is 10.1. The van der Waals surface area contributed by atoms with Crippen molar-refractivity contribution in [2.45, 2.75) is 25.4 Å². The van der Waals surface area contributed by atoms with Crippen molar-refractivity contribution >= 4 is 11.5 Å². The number of nitrogens with two attached hydrogens (primary N) is 1. The third kappa shape index (κ3) is 3.23. The molecule has 94 valence electrons. The maximum atomic E-state index is 5.83. The first-order chi connectivity index (χ1) is 8.29.